The Balaban J connectivity index is 2.05. The first kappa shape index (κ1) is 21.6. The Labute approximate surface area is 173 Å². The molecule has 0 saturated carbocycles. The Hall–Kier alpha value is -1.66. The van der Waals surface area contributed by atoms with Crippen LogP contribution in [0.2, 0.25) is 0 Å². The first-order chi connectivity index (χ1) is 12.9. The summed E-state index contributed by atoms with van der Waals surface area (Å²) in [5.74, 6) is 1.65. The molecule has 0 amide bonds. The Kier molecular flexibility index (Phi) is 8.51. The molecule has 0 aliphatic carbocycles. The lowest BCUT2D eigenvalue weighted by atomic mass is 10.2. The molecule has 0 bridgehead atoms. The van der Waals surface area contributed by atoms with Crippen molar-refractivity contribution in [3.8, 4) is 11.5 Å². The third-order valence-electron chi connectivity index (χ3n) is 3.46. The molecule has 2 aromatic carbocycles. The van der Waals surface area contributed by atoms with Crippen molar-refractivity contribution in [1.29, 1.82) is 0 Å². The fourth-order valence-corrected chi connectivity index (χ4v) is 3.89. The van der Waals surface area contributed by atoms with E-state index in [0.717, 1.165) is 25.6 Å². The van der Waals surface area contributed by atoms with E-state index in [1.807, 2.05) is 37.3 Å². The summed E-state index contributed by atoms with van der Waals surface area (Å²) in [5.41, 5.74) is 0.968. The van der Waals surface area contributed by atoms with Gasteiger partial charge in [-0.2, -0.15) is 0 Å². The van der Waals surface area contributed by atoms with E-state index in [1.54, 1.807) is 18.7 Å². The van der Waals surface area contributed by atoms with Gasteiger partial charge in [0, 0.05) is 14.3 Å². The molecule has 2 aromatic rings. The summed E-state index contributed by atoms with van der Waals surface area (Å²) >= 11 is 5.20. The molecule has 27 heavy (non-hydrogen) atoms. The molecule has 0 N–H and O–H groups in total. The van der Waals surface area contributed by atoms with E-state index in [4.69, 9.17) is 14.2 Å². The third-order valence-corrected chi connectivity index (χ3v) is 4.88. The van der Waals surface area contributed by atoms with Gasteiger partial charge in [0.25, 0.3) is 0 Å². The molecule has 0 atom stereocenters. The Morgan fingerprint density at radius 2 is 1.89 bits per heavy atom. The molecular weight excluding hydrogens is 428 g/mol. The fourth-order valence-electron chi connectivity index (χ4n) is 2.26. The molecule has 0 unspecified atom stereocenters. The van der Waals surface area contributed by atoms with E-state index in [0.29, 0.717) is 24.9 Å². The monoisotopic (exact) mass is 452 g/mol. The van der Waals surface area contributed by atoms with Gasteiger partial charge in [-0.3, -0.25) is 0 Å². The molecule has 0 saturated heterocycles. The van der Waals surface area contributed by atoms with Crippen LogP contribution in [0.25, 0.3) is 0 Å². The number of benzene rings is 2. The van der Waals surface area contributed by atoms with Crippen molar-refractivity contribution in [3.05, 3.63) is 46.4 Å². The van der Waals surface area contributed by atoms with Gasteiger partial charge in [0.05, 0.1) is 13.2 Å². The molecule has 0 aliphatic rings. The van der Waals surface area contributed by atoms with Crippen LogP contribution in [0.1, 0.15) is 26.3 Å². The summed E-state index contributed by atoms with van der Waals surface area (Å²) in [6.07, 6.45) is 0. The van der Waals surface area contributed by atoms with Crippen LogP contribution < -0.4 is 9.47 Å². The van der Waals surface area contributed by atoms with E-state index in [9.17, 15) is 4.79 Å². The predicted molar refractivity (Wildman–Crippen MR) is 112 cm³/mol. The van der Waals surface area contributed by atoms with Crippen LogP contribution in [-0.2, 0) is 9.53 Å². The zero-order chi connectivity index (χ0) is 19.8. The summed E-state index contributed by atoms with van der Waals surface area (Å²) in [7, 11) is 0. The normalized spacial score (nSPS) is 10.7. The molecule has 0 aromatic heterocycles. The van der Waals surface area contributed by atoms with Gasteiger partial charge >= 0.3 is 5.97 Å². The lowest BCUT2D eigenvalue weighted by Gasteiger charge is -2.12. The Morgan fingerprint density at radius 1 is 1.11 bits per heavy atom. The number of carbonyl (C=O) groups excluding carboxylic acids is 1. The maximum absolute atomic E-state index is 11.4. The first-order valence-electron chi connectivity index (χ1n) is 8.87. The number of carbonyl (C=O) groups is 1. The minimum atomic E-state index is -0.363. The number of rotatable bonds is 9. The summed E-state index contributed by atoms with van der Waals surface area (Å²) < 4.78 is 17.2. The van der Waals surface area contributed by atoms with Crippen LogP contribution in [0.5, 0.6) is 11.5 Å². The van der Waals surface area contributed by atoms with Crippen molar-refractivity contribution in [3.63, 3.8) is 0 Å². The number of aryl methyl sites for hydroxylation is 1. The van der Waals surface area contributed by atoms with E-state index < -0.39 is 0 Å². The average Bonchev–Trinajstić information content (AvgIpc) is 2.59. The number of halogens is 1. The molecular formula is C21H25BrO4S. The molecule has 0 spiro atoms. The van der Waals surface area contributed by atoms with Crippen molar-refractivity contribution >= 4 is 33.7 Å². The number of ether oxygens (including phenoxy) is 3. The predicted octanol–water partition coefficient (Wildman–Crippen LogP) is 5.89. The van der Waals surface area contributed by atoms with Crippen LogP contribution in [0.4, 0.5) is 0 Å². The van der Waals surface area contributed by atoms with Crippen LogP contribution in [-0.4, -0.2) is 25.8 Å². The van der Waals surface area contributed by atoms with Crippen molar-refractivity contribution in [2.24, 2.45) is 5.92 Å². The highest BCUT2D eigenvalue weighted by molar-refractivity contribution is 9.10. The van der Waals surface area contributed by atoms with Gasteiger partial charge in [-0.1, -0.05) is 41.5 Å². The SMILES string of the molecule is CCOC(=O)COc1ccc(Sc2cc(Br)cc(OCC(C)C)c2)cc1C. The Bertz CT molecular complexity index is 777. The second kappa shape index (κ2) is 10.6. The third kappa shape index (κ3) is 7.46. The molecule has 146 valence electrons. The second-order valence-corrected chi connectivity index (χ2v) is 8.51. The zero-order valence-corrected chi connectivity index (χ0v) is 18.5. The lowest BCUT2D eigenvalue weighted by Crippen LogP contribution is -2.14. The molecule has 0 aliphatic heterocycles. The van der Waals surface area contributed by atoms with Crippen LogP contribution in [0.15, 0.2) is 50.7 Å². The number of hydrogen-bond donors (Lipinski definition) is 0. The van der Waals surface area contributed by atoms with Gasteiger partial charge in [0.2, 0.25) is 0 Å². The summed E-state index contributed by atoms with van der Waals surface area (Å²) in [5, 5.41) is 0. The maximum Gasteiger partial charge on any atom is 0.344 e. The molecule has 2 rings (SSSR count). The summed E-state index contributed by atoms with van der Waals surface area (Å²) in [4.78, 5) is 13.6. The Morgan fingerprint density at radius 3 is 2.56 bits per heavy atom. The number of hydrogen-bond acceptors (Lipinski definition) is 5. The van der Waals surface area contributed by atoms with Gasteiger partial charge in [0.15, 0.2) is 6.61 Å². The highest BCUT2D eigenvalue weighted by atomic mass is 79.9. The van der Waals surface area contributed by atoms with Gasteiger partial charge in [0.1, 0.15) is 11.5 Å². The second-order valence-electron chi connectivity index (χ2n) is 6.45. The van der Waals surface area contributed by atoms with Crippen molar-refractivity contribution in [2.75, 3.05) is 19.8 Å². The lowest BCUT2D eigenvalue weighted by molar-refractivity contribution is -0.145. The van der Waals surface area contributed by atoms with Crippen LogP contribution >= 0.6 is 27.7 Å². The van der Waals surface area contributed by atoms with Gasteiger partial charge < -0.3 is 14.2 Å². The van der Waals surface area contributed by atoms with Crippen molar-refractivity contribution in [2.45, 2.75) is 37.5 Å². The van der Waals surface area contributed by atoms with E-state index in [-0.39, 0.29) is 12.6 Å². The molecule has 4 nitrogen and oxygen atoms in total. The van der Waals surface area contributed by atoms with Gasteiger partial charge in [-0.25, -0.2) is 4.79 Å². The van der Waals surface area contributed by atoms with Gasteiger partial charge in [-0.05, 0) is 61.7 Å². The number of esters is 1. The highest BCUT2D eigenvalue weighted by Crippen LogP contribution is 2.35. The minimum absolute atomic E-state index is 0.0800. The van der Waals surface area contributed by atoms with Gasteiger partial charge in [-0.15, -0.1) is 0 Å². The van der Waals surface area contributed by atoms with E-state index in [1.165, 1.54) is 0 Å². The summed E-state index contributed by atoms with van der Waals surface area (Å²) in [6, 6.07) is 12.0. The molecule has 0 heterocycles. The van der Waals surface area contributed by atoms with Crippen molar-refractivity contribution < 1.29 is 19.0 Å². The first-order valence-corrected chi connectivity index (χ1v) is 10.5. The molecule has 6 heteroatoms. The fraction of sp³-hybridized carbons (Fsp3) is 0.381. The average molecular weight is 453 g/mol. The minimum Gasteiger partial charge on any atom is -0.493 e. The maximum atomic E-state index is 11.4. The zero-order valence-electron chi connectivity index (χ0n) is 16.1. The topological polar surface area (TPSA) is 44.8 Å². The molecule has 0 radical (unpaired) electrons. The molecule has 0 fully saturated rings. The van der Waals surface area contributed by atoms with Crippen LogP contribution in [0, 0.1) is 12.8 Å². The highest BCUT2D eigenvalue weighted by Gasteiger charge is 2.08. The largest absolute Gasteiger partial charge is 0.493 e. The van der Waals surface area contributed by atoms with Crippen molar-refractivity contribution in [1.82, 2.24) is 0 Å². The standard InChI is InChI=1S/C21H25BrO4S/c1-5-24-21(23)13-26-20-7-6-18(8-15(20)4)27-19-10-16(22)9-17(11-19)25-12-14(2)3/h6-11,14H,5,12-13H2,1-4H3. The smallest absolute Gasteiger partial charge is 0.344 e. The van der Waals surface area contributed by atoms with E-state index in [2.05, 4.69) is 35.8 Å². The summed E-state index contributed by atoms with van der Waals surface area (Å²) in [6.45, 7) is 8.95. The van der Waals surface area contributed by atoms with Crippen LogP contribution in [0.3, 0.4) is 0 Å². The quantitative estimate of drug-likeness (QED) is 0.444. The van der Waals surface area contributed by atoms with E-state index >= 15 is 0 Å².